The van der Waals surface area contributed by atoms with Gasteiger partial charge in [-0.25, -0.2) is 0 Å². The van der Waals surface area contributed by atoms with Gasteiger partial charge < -0.3 is 19.1 Å². The van der Waals surface area contributed by atoms with Gasteiger partial charge in [-0.05, 0) is 30.3 Å². The number of amides is 1. The third-order valence-electron chi connectivity index (χ3n) is 6.56. The number of carbonyl (C=O) groups excluding carboxylic acids is 1. The quantitative estimate of drug-likeness (QED) is 0.805. The van der Waals surface area contributed by atoms with Gasteiger partial charge in [-0.15, -0.1) is 0 Å². The van der Waals surface area contributed by atoms with Gasteiger partial charge in [0.05, 0.1) is 18.6 Å². The first-order valence-corrected chi connectivity index (χ1v) is 10.6. The summed E-state index contributed by atoms with van der Waals surface area (Å²) in [5.41, 5.74) is -0.214. The summed E-state index contributed by atoms with van der Waals surface area (Å²) < 4.78 is 11.4. The molecule has 27 heavy (non-hydrogen) atoms. The van der Waals surface area contributed by atoms with E-state index >= 15 is 0 Å². The first-order valence-electron chi connectivity index (χ1n) is 10.6. The Kier molecular flexibility index (Phi) is 5.66. The van der Waals surface area contributed by atoms with E-state index in [-0.39, 0.29) is 11.5 Å². The lowest BCUT2D eigenvalue weighted by Crippen LogP contribution is -2.52. The van der Waals surface area contributed by atoms with E-state index in [1.54, 1.807) is 0 Å². The summed E-state index contributed by atoms with van der Waals surface area (Å²) in [6.45, 7) is 5.65. The monoisotopic (exact) mass is 376 g/mol. The molecule has 7 heteroatoms. The van der Waals surface area contributed by atoms with Crippen molar-refractivity contribution in [3.63, 3.8) is 0 Å². The number of hydrogen-bond acceptors (Lipinski definition) is 6. The number of carbonyl (C=O) groups is 1. The smallest absolute Gasteiger partial charge is 0.266 e. The van der Waals surface area contributed by atoms with Crippen molar-refractivity contribution >= 4 is 11.9 Å². The van der Waals surface area contributed by atoms with Gasteiger partial charge in [-0.1, -0.05) is 32.1 Å². The summed E-state index contributed by atoms with van der Waals surface area (Å²) in [4.78, 5) is 21.2. The van der Waals surface area contributed by atoms with E-state index in [1.807, 2.05) is 6.92 Å². The van der Waals surface area contributed by atoms with Crippen LogP contribution in [0.4, 0.5) is 5.95 Å². The molecule has 2 aliphatic heterocycles. The molecule has 1 spiro atoms. The Labute approximate surface area is 161 Å². The minimum absolute atomic E-state index is 0.214. The van der Waals surface area contributed by atoms with Gasteiger partial charge in [0.1, 0.15) is 0 Å². The zero-order valence-electron chi connectivity index (χ0n) is 16.5. The maximum atomic E-state index is 12.6. The average molecular weight is 377 g/mol. The summed E-state index contributed by atoms with van der Waals surface area (Å²) >= 11 is 0. The van der Waals surface area contributed by atoms with Crippen LogP contribution in [0.5, 0.6) is 0 Å². The normalized spacial score (nSPS) is 24.4. The standard InChI is InChI=1S/C20H32N4O3/c1-16-21-19(22-27-16)23-12-9-20(10-13-23)15-24(18(25)8-14-26-20)11-7-17-5-3-2-4-6-17/h17H,2-15H2,1H3. The molecule has 0 unspecified atom stereocenters. The second-order valence-electron chi connectivity index (χ2n) is 8.49. The number of anilines is 1. The Bertz CT molecular complexity index is 633. The van der Waals surface area contributed by atoms with Crippen LogP contribution in [0.1, 0.15) is 63.7 Å². The van der Waals surface area contributed by atoms with E-state index in [2.05, 4.69) is 19.9 Å². The van der Waals surface area contributed by atoms with Crippen LogP contribution in [0.15, 0.2) is 4.52 Å². The number of ether oxygens (including phenoxy) is 1. The molecule has 1 amide bonds. The van der Waals surface area contributed by atoms with E-state index in [4.69, 9.17) is 9.26 Å². The summed E-state index contributed by atoms with van der Waals surface area (Å²) in [7, 11) is 0. The number of rotatable bonds is 4. The molecular weight excluding hydrogens is 344 g/mol. The molecule has 3 heterocycles. The zero-order valence-corrected chi connectivity index (χ0v) is 16.5. The molecule has 1 aliphatic carbocycles. The van der Waals surface area contributed by atoms with Crippen molar-refractivity contribution in [3.8, 4) is 0 Å². The summed E-state index contributed by atoms with van der Waals surface area (Å²) in [6, 6.07) is 0. The predicted molar refractivity (Wildman–Crippen MR) is 102 cm³/mol. The molecule has 1 aromatic rings. The summed E-state index contributed by atoms with van der Waals surface area (Å²) in [6.07, 6.45) is 10.2. The van der Waals surface area contributed by atoms with Crippen molar-refractivity contribution in [2.24, 2.45) is 5.92 Å². The van der Waals surface area contributed by atoms with Crippen LogP contribution in [0.3, 0.4) is 0 Å². The molecule has 3 fully saturated rings. The molecule has 3 aliphatic rings. The van der Waals surface area contributed by atoms with Crippen LogP contribution in [-0.2, 0) is 9.53 Å². The Morgan fingerprint density at radius 1 is 1.19 bits per heavy atom. The Morgan fingerprint density at radius 2 is 1.96 bits per heavy atom. The Morgan fingerprint density at radius 3 is 2.67 bits per heavy atom. The van der Waals surface area contributed by atoms with Gasteiger partial charge in [-0.2, -0.15) is 4.98 Å². The first-order chi connectivity index (χ1) is 13.1. The molecule has 150 valence electrons. The molecule has 1 saturated carbocycles. The van der Waals surface area contributed by atoms with Crippen LogP contribution in [0, 0.1) is 12.8 Å². The molecular formula is C20H32N4O3. The number of aromatic nitrogens is 2. The largest absolute Gasteiger partial charge is 0.372 e. The molecule has 0 bridgehead atoms. The third kappa shape index (κ3) is 4.45. The van der Waals surface area contributed by atoms with Crippen molar-refractivity contribution in [2.45, 2.75) is 70.3 Å². The number of aryl methyl sites for hydroxylation is 1. The van der Waals surface area contributed by atoms with Crippen molar-refractivity contribution in [1.29, 1.82) is 0 Å². The lowest BCUT2D eigenvalue weighted by molar-refractivity contribution is -0.131. The highest BCUT2D eigenvalue weighted by atomic mass is 16.5. The highest BCUT2D eigenvalue weighted by Crippen LogP contribution is 2.32. The zero-order chi connectivity index (χ0) is 18.7. The Hall–Kier alpha value is -1.63. The van der Waals surface area contributed by atoms with Gasteiger partial charge in [0.2, 0.25) is 11.8 Å². The molecule has 0 N–H and O–H groups in total. The van der Waals surface area contributed by atoms with Gasteiger partial charge in [0, 0.05) is 33.1 Å². The van der Waals surface area contributed by atoms with E-state index in [9.17, 15) is 4.79 Å². The first kappa shape index (κ1) is 18.7. The lowest BCUT2D eigenvalue weighted by atomic mass is 9.86. The molecule has 0 atom stereocenters. The third-order valence-corrected chi connectivity index (χ3v) is 6.56. The van der Waals surface area contributed by atoms with Gasteiger partial charge >= 0.3 is 0 Å². The molecule has 4 rings (SSSR count). The van der Waals surface area contributed by atoms with Crippen molar-refractivity contribution in [3.05, 3.63) is 5.89 Å². The molecule has 1 aromatic heterocycles. The molecule has 7 nitrogen and oxygen atoms in total. The van der Waals surface area contributed by atoms with Crippen LogP contribution in [0.2, 0.25) is 0 Å². The summed E-state index contributed by atoms with van der Waals surface area (Å²) in [5, 5.41) is 4.03. The van der Waals surface area contributed by atoms with Crippen molar-refractivity contribution in [1.82, 2.24) is 15.0 Å². The van der Waals surface area contributed by atoms with E-state index < -0.39 is 0 Å². The van der Waals surface area contributed by atoms with Crippen molar-refractivity contribution in [2.75, 3.05) is 37.7 Å². The van der Waals surface area contributed by atoms with Gasteiger partial charge in [0.25, 0.3) is 5.95 Å². The van der Waals surface area contributed by atoms with Crippen LogP contribution < -0.4 is 4.90 Å². The van der Waals surface area contributed by atoms with Crippen LogP contribution in [-0.4, -0.2) is 59.3 Å². The van der Waals surface area contributed by atoms with E-state index in [0.29, 0.717) is 24.9 Å². The fraction of sp³-hybridized carbons (Fsp3) is 0.850. The van der Waals surface area contributed by atoms with Crippen LogP contribution >= 0.6 is 0 Å². The topological polar surface area (TPSA) is 71.7 Å². The minimum Gasteiger partial charge on any atom is -0.372 e. The summed E-state index contributed by atoms with van der Waals surface area (Å²) in [5.74, 6) is 2.32. The highest BCUT2D eigenvalue weighted by Gasteiger charge is 2.41. The molecule has 0 aromatic carbocycles. The fourth-order valence-corrected chi connectivity index (χ4v) is 4.85. The molecule has 0 radical (unpaired) electrons. The second-order valence-corrected chi connectivity index (χ2v) is 8.49. The van der Waals surface area contributed by atoms with Crippen LogP contribution in [0.25, 0.3) is 0 Å². The minimum atomic E-state index is -0.214. The number of hydrogen-bond donors (Lipinski definition) is 0. The van der Waals surface area contributed by atoms with E-state index in [0.717, 1.165) is 51.4 Å². The predicted octanol–water partition coefficient (Wildman–Crippen LogP) is 2.94. The Balaban J connectivity index is 1.35. The maximum absolute atomic E-state index is 12.6. The van der Waals surface area contributed by atoms with Crippen molar-refractivity contribution < 1.29 is 14.1 Å². The highest BCUT2D eigenvalue weighted by molar-refractivity contribution is 5.76. The molecule has 2 saturated heterocycles. The second kappa shape index (κ2) is 8.17. The number of piperidine rings is 1. The number of nitrogens with zero attached hydrogens (tertiary/aromatic N) is 4. The lowest BCUT2D eigenvalue weighted by Gasteiger charge is -2.42. The van der Waals surface area contributed by atoms with Gasteiger partial charge in [-0.3, -0.25) is 4.79 Å². The average Bonchev–Trinajstić information content (AvgIpc) is 3.06. The van der Waals surface area contributed by atoms with Gasteiger partial charge in [0.15, 0.2) is 0 Å². The van der Waals surface area contributed by atoms with E-state index in [1.165, 1.54) is 32.1 Å². The SMILES string of the molecule is Cc1nc(N2CCC3(CC2)CN(CCC2CCCCC2)C(=O)CCO3)no1. The maximum Gasteiger partial charge on any atom is 0.266 e. The fourth-order valence-electron chi connectivity index (χ4n) is 4.85.